The number of ether oxygens (including phenoxy) is 2. The first kappa shape index (κ1) is 23.1. The standard InChI is InChI=1S/C20H37N5O2S/c1-4-21-20(22-8-10-24(2)9-6-13-26-3)23-17-18(19-7-5-16-28-19)25-11-14-27-15-12-25/h5,7,16,18H,4,6,8-15,17H2,1-3H3,(H2,21,22,23). The molecule has 28 heavy (non-hydrogen) atoms. The van der Waals surface area contributed by atoms with E-state index in [1.165, 1.54) is 4.88 Å². The van der Waals surface area contributed by atoms with Crippen LogP contribution >= 0.6 is 11.3 Å². The molecule has 8 heteroatoms. The van der Waals surface area contributed by atoms with E-state index in [9.17, 15) is 0 Å². The Hall–Kier alpha value is -1.19. The summed E-state index contributed by atoms with van der Waals surface area (Å²) in [6.45, 7) is 11.0. The zero-order valence-corrected chi connectivity index (χ0v) is 18.5. The highest BCUT2D eigenvalue weighted by atomic mass is 32.1. The third-order valence-electron chi connectivity index (χ3n) is 4.80. The van der Waals surface area contributed by atoms with Gasteiger partial charge in [0.1, 0.15) is 0 Å². The van der Waals surface area contributed by atoms with E-state index in [0.717, 1.165) is 78.0 Å². The van der Waals surface area contributed by atoms with E-state index in [1.54, 1.807) is 7.11 Å². The van der Waals surface area contributed by atoms with Gasteiger partial charge >= 0.3 is 0 Å². The summed E-state index contributed by atoms with van der Waals surface area (Å²) in [5.74, 6) is 0.891. The minimum Gasteiger partial charge on any atom is -0.385 e. The number of thiophene rings is 1. The van der Waals surface area contributed by atoms with Gasteiger partial charge in [-0.3, -0.25) is 9.89 Å². The summed E-state index contributed by atoms with van der Waals surface area (Å²) < 4.78 is 10.7. The Kier molecular flexibility index (Phi) is 11.5. The van der Waals surface area contributed by atoms with Crippen LogP contribution < -0.4 is 10.6 Å². The zero-order valence-electron chi connectivity index (χ0n) is 17.7. The molecule has 1 aliphatic rings. The Morgan fingerprint density at radius 2 is 2.18 bits per heavy atom. The molecule has 160 valence electrons. The normalized spacial score (nSPS) is 17.1. The SMILES string of the molecule is CCNC(=NCC(c1cccs1)N1CCOCC1)NCCN(C)CCCOC. The van der Waals surface area contributed by atoms with Crippen molar-refractivity contribution in [2.45, 2.75) is 19.4 Å². The van der Waals surface area contributed by atoms with Crippen LogP contribution in [-0.4, -0.2) is 95.6 Å². The van der Waals surface area contributed by atoms with E-state index in [-0.39, 0.29) is 0 Å². The van der Waals surface area contributed by atoms with E-state index >= 15 is 0 Å². The fourth-order valence-electron chi connectivity index (χ4n) is 3.23. The second-order valence-corrected chi connectivity index (χ2v) is 7.95. The topological polar surface area (TPSA) is 61.4 Å². The summed E-state index contributed by atoms with van der Waals surface area (Å²) in [6, 6.07) is 4.66. The number of aliphatic imine (C=N–C) groups is 1. The van der Waals surface area contributed by atoms with Gasteiger partial charge in [-0.2, -0.15) is 0 Å². The average Bonchev–Trinajstić information content (AvgIpc) is 3.23. The van der Waals surface area contributed by atoms with Crippen LogP contribution in [0.4, 0.5) is 0 Å². The number of morpholine rings is 1. The maximum atomic E-state index is 5.53. The monoisotopic (exact) mass is 411 g/mol. The van der Waals surface area contributed by atoms with Crippen molar-refractivity contribution in [1.82, 2.24) is 20.4 Å². The third kappa shape index (κ3) is 8.45. The predicted octanol–water partition coefficient (Wildman–Crippen LogP) is 1.64. The number of nitrogens with zero attached hydrogens (tertiary/aromatic N) is 3. The van der Waals surface area contributed by atoms with Crippen molar-refractivity contribution in [2.75, 3.05) is 79.8 Å². The summed E-state index contributed by atoms with van der Waals surface area (Å²) >= 11 is 1.81. The molecule has 7 nitrogen and oxygen atoms in total. The Bertz CT molecular complexity index is 535. The van der Waals surface area contributed by atoms with Crippen LogP contribution in [0.1, 0.15) is 24.3 Å². The lowest BCUT2D eigenvalue weighted by Gasteiger charge is -2.33. The van der Waals surface area contributed by atoms with E-state index in [1.807, 2.05) is 11.3 Å². The molecule has 2 N–H and O–H groups in total. The Morgan fingerprint density at radius 3 is 2.86 bits per heavy atom. The van der Waals surface area contributed by atoms with Crippen LogP contribution in [0.5, 0.6) is 0 Å². The number of methoxy groups -OCH3 is 1. The summed E-state index contributed by atoms with van der Waals surface area (Å²) in [7, 11) is 3.90. The summed E-state index contributed by atoms with van der Waals surface area (Å²) in [6.07, 6.45) is 1.06. The molecule has 1 aromatic rings. The molecule has 1 aliphatic heterocycles. The molecule has 0 amide bonds. The van der Waals surface area contributed by atoms with Gasteiger partial charge in [-0.05, 0) is 31.8 Å². The Balaban J connectivity index is 1.87. The fraction of sp³-hybridized carbons (Fsp3) is 0.750. The Morgan fingerprint density at radius 1 is 1.36 bits per heavy atom. The number of nitrogens with one attached hydrogen (secondary N) is 2. The molecule has 1 atom stereocenters. The summed E-state index contributed by atoms with van der Waals surface area (Å²) in [5.41, 5.74) is 0. The average molecular weight is 412 g/mol. The molecule has 1 fully saturated rings. The highest BCUT2D eigenvalue weighted by molar-refractivity contribution is 7.10. The van der Waals surface area contributed by atoms with Gasteiger partial charge in [-0.1, -0.05) is 6.07 Å². The van der Waals surface area contributed by atoms with Crippen molar-refractivity contribution in [3.63, 3.8) is 0 Å². The van der Waals surface area contributed by atoms with Crippen molar-refractivity contribution in [2.24, 2.45) is 4.99 Å². The number of hydrogen-bond acceptors (Lipinski definition) is 6. The van der Waals surface area contributed by atoms with Crippen molar-refractivity contribution in [1.29, 1.82) is 0 Å². The molecule has 0 saturated carbocycles. The third-order valence-corrected chi connectivity index (χ3v) is 5.77. The second kappa shape index (κ2) is 13.9. The molecule has 0 radical (unpaired) electrons. The van der Waals surface area contributed by atoms with Crippen LogP contribution in [0.2, 0.25) is 0 Å². The smallest absolute Gasteiger partial charge is 0.191 e. The maximum absolute atomic E-state index is 5.53. The lowest BCUT2D eigenvalue weighted by atomic mass is 10.2. The molecule has 0 aliphatic carbocycles. The molecular formula is C20H37N5O2S. The van der Waals surface area contributed by atoms with Gasteiger partial charge in [0.05, 0.1) is 25.8 Å². The zero-order chi connectivity index (χ0) is 20.0. The number of rotatable bonds is 12. The van der Waals surface area contributed by atoms with Gasteiger partial charge in [0.2, 0.25) is 0 Å². The molecule has 1 aromatic heterocycles. The van der Waals surface area contributed by atoms with Crippen molar-refractivity contribution >= 4 is 17.3 Å². The van der Waals surface area contributed by atoms with Gasteiger partial charge in [-0.15, -0.1) is 11.3 Å². The second-order valence-electron chi connectivity index (χ2n) is 6.98. The number of guanidine groups is 1. The highest BCUT2D eigenvalue weighted by Crippen LogP contribution is 2.26. The number of hydrogen-bond donors (Lipinski definition) is 2. The minimum absolute atomic E-state index is 0.316. The van der Waals surface area contributed by atoms with E-state index in [0.29, 0.717) is 6.04 Å². The van der Waals surface area contributed by atoms with Gasteiger partial charge in [-0.25, -0.2) is 0 Å². The van der Waals surface area contributed by atoms with Crippen molar-refractivity contribution < 1.29 is 9.47 Å². The lowest BCUT2D eigenvalue weighted by Crippen LogP contribution is -2.43. The molecule has 1 unspecified atom stereocenters. The van der Waals surface area contributed by atoms with Crippen LogP contribution in [0.15, 0.2) is 22.5 Å². The molecule has 2 heterocycles. The van der Waals surface area contributed by atoms with E-state index in [2.05, 4.69) is 51.9 Å². The lowest BCUT2D eigenvalue weighted by molar-refractivity contribution is 0.0186. The molecule has 1 saturated heterocycles. The molecule has 0 aromatic carbocycles. The van der Waals surface area contributed by atoms with Crippen LogP contribution in [0.3, 0.4) is 0 Å². The van der Waals surface area contributed by atoms with Crippen molar-refractivity contribution in [3.05, 3.63) is 22.4 Å². The first-order valence-electron chi connectivity index (χ1n) is 10.3. The Labute approximate surface area is 174 Å². The molecular weight excluding hydrogens is 374 g/mol. The van der Waals surface area contributed by atoms with Crippen LogP contribution in [-0.2, 0) is 9.47 Å². The van der Waals surface area contributed by atoms with Gasteiger partial charge in [0.15, 0.2) is 5.96 Å². The first-order valence-corrected chi connectivity index (χ1v) is 11.2. The maximum Gasteiger partial charge on any atom is 0.191 e. The van der Waals surface area contributed by atoms with Gasteiger partial charge in [0.25, 0.3) is 0 Å². The van der Waals surface area contributed by atoms with Gasteiger partial charge in [0, 0.05) is 57.9 Å². The van der Waals surface area contributed by atoms with Crippen molar-refractivity contribution in [3.8, 4) is 0 Å². The summed E-state index contributed by atoms with van der Waals surface area (Å²) in [5, 5.41) is 8.99. The predicted molar refractivity (Wildman–Crippen MR) is 117 cm³/mol. The molecule has 0 spiro atoms. The number of likely N-dealkylation sites (N-methyl/N-ethyl adjacent to an activating group) is 1. The van der Waals surface area contributed by atoms with E-state index in [4.69, 9.17) is 14.5 Å². The van der Waals surface area contributed by atoms with Crippen LogP contribution in [0.25, 0.3) is 0 Å². The molecule has 2 rings (SSSR count). The van der Waals surface area contributed by atoms with E-state index < -0.39 is 0 Å². The highest BCUT2D eigenvalue weighted by Gasteiger charge is 2.23. The van der Waals surface area contributed by atoms with Crippen LogP contribution in [0, 0.1) is 0 Å². The van der Waals surface area contributed by atoms with Gasteiger partial charge < -0.3 is 25.0 Å². The quantitative estimate of drug-likeness (QED) is 0.310. The minimum atomic E-state index is 0.316. The summed E-state index contributed by atoms with van der Waals surface area (Å²) in [4.78, 5) is 11.1. The fourth-order valence-corrected chi connectivity index (χ4v) is 4.08. The largest absolute Gasteiger partial charge is 0.385 e. The first-order chi connectivity index (χ1) is 13.7. The molecule has 0 bridgehead atoms.